The molecule has 0 aliphatic carbocycles. The Labute approximate surface area is 149 Å². The Balaban J connectivity index is 1.91. The van der Waals surface area contributed by atoms with Gasteiger partial charge in [0, 0.05) is 13.2 Å². The molecule has 25 heavy (non-hydrogen) atoms. The summed E-state index contributed by atoms with van der Waals surface area (Å²) in [6, 6.07) is 15.0. The van der Waals surface area contributed by atoms with Crippen molar-refractivity contribution in [1.29, 1.82) is 0 Å². The molecule has 0 fully saturated rings. The maximum atomic E-state index is 12.2. The lowest BCUT2D eigenvalue weighted by Gasteiger charge is -2.19. The molecule has 0 spiro atoms. The molecule has 134 valence electrons. The number of urea groups is 1. The first kappa shape index (κ1) is 18.8. The molecule has 0 aromatic heterocycles. The third kappa shape index (κ3) is 5.80. The lowest BCUT2D eigenvalue weighted by Crippen LogP contribution is -2.38. The van der Waals surface area contributed by atoms with E-state index in [0.29, 0.717) is 19.6 Å². The number of hydrogen-bond donors (Lipinski definition) is 3. The summed E-state index contributed by atoms with van der Waals surface area (Å²) in [5, 5.41) is 15.0. The Kier molecular flexibility index (Phi) is 7.29. The van der Waals surface area contributed by atoms with Gasteiger partial charge in [-0.1, -0.05) is 42.5 Å². The molecule has 2 amide bonds. The summed E-state index contributed by atoms with van der Waals surface area (Å²) in [6.07, 6.45) is 0.472. The molecule has 5 nitrogen and oxygen atoms in total. The maximum Gasteiger partial charge on any atom is 0.315 e. The highest BCUT2D eigenvalue weighted by Gasteiger charge is 2.13. The predicted molar refractivity (Wildman–Crippen MR) is 98.6 cm³/mol. The summed E-state index contributed by atoms with van der Waals surface area (Å²) in [6.45, 7) is 5.01. The largest absolute Gasteiger partial charge is 0.494 e. The fraction of sp³-hybridized carbons (Fsp3) is 0.350. The van der Waals surface area contributed by atoms with Gasteiger partial charge in [0.25, 0.3) is 0 Å². The van der Waals surface area contributed by atoms with E-state index < -0.39 is 0 Å². The minimum atomic E-state index is -0.256. The maximum absolute atomic E-state index is 12.2. The lowest BCUT2D eigenvalue weighted by molar-refractivity contribution is 0.229. The minimum absolute atomic E-state index is 0.0118. The van der Waals surface area contributed by atoms with Crippen LogP contribution in [0.25, 0.3) is 0 Å². The number of benzene rings is 2. The van der Waals surface area contributed by atoms with Gasteiger partial charge in [0.2, 0.25) is 0 Å². The van der Waals surface area contributed by atoms with Crippen LogP contribution in [0.15, 0.2) is 48.5 Å². The zero-order valence-electron chi connectivity index (χ0n) is 14.8. The fourth-order valence-corrected chi connectivity index (χ4v) is 2.67. The topological polar surface area (TPSA) is 70.6 Å². The second kappa shape index (κ2) is 9.69. The van der Waals surface area contributed by atoms with Gasteiger partial charge >= 0.3 is 6.03 Å². The molecule has 0 aliphatic heterocycles. The van der Waals surface area contributed by atoms with Gasteiger partial charge in [0.15, 0.2) is 0 Å². The van der Waals surface area contributed by atoms with E-state index in [1.54, 1.807) is 0 Å². The number of aliphatic hydroxyl groups is 1. The van der Waals surface area contributed by atoms with Crippen LogP contribution in [-0.2, 0) is 6.54 Å². The second-order valence-corrected chi connectivity index (χ2v) is 5.84. The van der Waals surface area contributed by atoms with Gasteiger partial charge in [-0.2, -0.15) is 0 Å². The van der Waals surface area contributed by atoms with Gasteiger partial charge in [0.1, 0.15) is 5.75 Å². The number of hydrogen-bond acceptors (Lipinski definition) is 3. The minimum Gasteiger partial charge on any atom is -0.494 e. The van der Waals surface area contributed by atoms with Crippen LogP contribution in [0.1, 0.15) is 36.1 Å². The Hall–Kier alpha value is -2.53. The highest BCUT2D eigenvalue weighted by Crippen LogP contribution is 2.19. The van der Waals surface area contributed by atoms with E-state index >= 15 is 0 Å². The first-order valence-electron chi connectivity index (χ1n) is 8.56. The average Bonchev–Trinajstić information content (AvgIpc) is 2.62. The molecule has 2 rings (SSSR count). The van der Waals surface area contributed by atoms with E-state index in [4.69, 9.17) is 4.74 Å². The van der Waals surface area contributed by atoms with Crippen LogP contribution in [-0.4, -0.2) is 24.4 Å². The van der Waals surface area contributed by atoms with E-state index in [-0.39, 0.29) is 18.7 Å². The summed E-state index contributed by atoms with van der Waals surface area (Å²) < 4.78 is 5.52. The molecule has 0 unspecified atom stereocenters. The third-order valence-electron chi connectivity index (χ3n) is 3.92. The van der Waals surface area contributed by atoms with Crippen molar-refractivity contribution in [2.24, 2.45) is 0 Å². The van der Waals surface area contributed by atoms with Crippen molar-refractivity contribution in [2.45, 2.75) is 32.9 Å². The zero-order valence-corrected chi connectivity index (χ0v) is 14.8. The molecule has 0 bridgehead atoms. The highest BCUT2D eigenvalue weighted by molar-refractivity contribution is 5.74. The van der Waals surface area contributed by atoms with Crippen molar-refractivity contribution >= 4 is 6.03 Å². The molecule has 0 heterocycles. The number of rotatable bonds is 8. The summed E-state index contributed by atoms with van der Waals surface area (Å²) in [7, 11) is 0. The average molecular weight is 342 g/mol. The number of nitrogens with one attached hydrogen (secondary N) is 2. The number of carbonyl (C=O) groups is 1. The zero-order chi connectivity index (χ0) is 18.1. The molecule has 0 saturated carbocycles. The summed E-state index contributed by atoms with van der Waals surface area (Å²) in [4.78, 5) is 12.2. The molecule has 0 radical (unpaired) electrons. The molecule has 2 aromatic carbocycles. The van der Waals surface area contributed by atoms with E-state index in [1.807, 2.05) is 62.4 Å². The molecular weight excluding hydrogens is 316 g/mol. The van der Waals surface area contributed by atoms with E-state index in [2.05, 4.69) is 10.6 Å². The number of ether oxygens (including phenoxy) is 1. The van der Waals surface area contributed by atoms with Crippen LogP contribution in [0.5, 0.6) is 5.75 Å². The molecule has 1 atom stereocenters. The Morgan fingerprint density at radius 2 is 1.96 bits per heavy atom. The van der Waals surface area contributed by atoms with Crippen molar-refractivity contribution in [2.75, 3.05) is 13.2 Å². The molecule has 3 N–H and O–H groups in total. The van der Waals surface area contributed by atoms with Crippen molar-refractivity contribution in [3.05, 3.63) is 65.2 Å². The molecule has 0 saturated heterocycles. The van der Waals surface area contributed by atoms with Crippen molar-refractivity contribution < 1.29 is 14.6 Å². The number of aryl methyl sites for hydroxylation is 1. The normalized spacial score (nSPS) is 11.6. The Morgan fingerprint density at radius 1 is 1.20 bits per heavy atom. The van der Waals surface area contributed by atoms with Crippen LogP contribution in [0, 0.1) is 6.92 Å². The molecular formula is C20H26N2O3. The van der Waals surface area contributed by atoms with Crippen molar-refractivity contribution in [3.63, 3.8) is 0 Å². The monoisotopic (exact) mass is 342 g/mol. The first-order valence-corrected chi connectivity index (χ1v) is 8.56. The molecule has 5 heteroatoms. The number of carbonyl (C=O) groups excluding carboxylic acids is 1. The van der Waals surface area contributed by atoms with Crippen molar-refractivity contribution in [3.8, 4) is 5.75 Å². The van der Waals surface area contributed by atoms with Gasteiger partial charge < -0.3 is 20.5 Å². The van der Waals surface area contributed by atoms with Crippen molar-refractivity contribution in [1.82, 2.24) is 10.6 Å². The quantitative estimate of drug-likeness (QED) is 0.689. The summed E-state index contributed by atoms with van der Waals surface area (Å²) in [5.74, 6) is 0.864. The number of amides is 2. The van der Waals surface area contributed by atoms with Crippen LogP contribution in [0.4, 0.5) is 4.79 Å². The van der Waals surface area contributed by atoms with Crippen LogP contribution in [0.2, 0.25) is 0 Å². The standard InChI is InChI=1S/C20H26N2O3/c1-3-25-19-10-9-16(13-15(19)2)14-21-20(24)22-18(11-12-23)17-7-5-4-6-8-17/h4-10,13,18,23H,3,11-12,14H2,1-2H3,(H2,21,22,24)/t18-/m1/s1. The Bertz CT molecular complexity index is 674. The molecule has 2 aromatic rings. The number of aliphatic hydroxyl groups excluding tert-OH is 1. The van der Waals surface area contributed by atoms with Gasteiger partial charge in [-0.05, 0) is 43.0 Å². The van der Waals surface area contributed by atoms with Crippen LogP contribution in [0.3, 0.4) is 0 Å². The summed E-state index contributed by atoms with van der Waals surface area (Å²) >= 11 is 0. The van der Waals surface area contributed by atoms with Gasteiger partial charge in [-0.15, -0.1) is 0 Å². The van der Waals surface area contributed by atoms with Crippen LogP contribution < -0.4 is 15.4 Å². The first-order chi connectivity index (χ1) is 12.1. The van der Waals surface area contributed by atoms with E-state index in [0.717, 1.165) is 22.4 Å². The fourth-order valence-electron chi connectivity index (χ4n) is 2.67. The van der Waals surface area contributed by atoms with E-state index in [9.17, 15) is 9.90 Å². The smallest absolute Gasteiger partial charge is 0.315 e. The lowest BCUT2D eigenvalue weighted by atomic mass is 10.0. The predicted octanol–water partition coefficient (Wildman–Crippen LogP) is 3.32. The Morgan fingerprint density at radius 3 is 2.60 bits per heavy atom. The second-order valence-electron chi connectivity index (χ2n) is 5.84. The summed E-state index contributed by atoms with van der Waals surface area (Å²) in [5.41, 5.74) is 3.03. The van der Waals surface area contributed by atoms with Gasteiger partial charge in [0.05, 0.1) is 12.6 Å². The molecule has 0 aliphatic rings. The van der Waals surface area contributed by atoms with Gasteiger partial charge in [-0.25, -0.2) is 4.79 Å². The highest BCUT2D eigenvalue weighted by atomic mass is 16.5. The van der Waals surface area contributed by atoms with E-state index in [1.165, 1.54) is 0 Å². The third-order valence-corrected chi connectivity index (χ3v) is 3.92. The van der Waals surface area contributed by atoms with Gasteiger partial charge in [-0.3, -0.25) is 0 Å². The van der Waals surface area contributed by atoms with Crippen LogP contribution >= 0.6 is 0 Å². The SMILES string of the molecule is CCOc1ccc(CNC(=O)N[C@H](CCO)c2ccccc2)cc1C.